The minimum absolute atomic E-state index is 0. The summed E-state index contributed by atoms with van der Waals surface area (Å²) in [6, 6.07) is 12.4. The van der Waals surface area contributed by atoms with E-state index < -0.39 is 0 Å². The molecule has 0 saturated carbocycles. The second-order valence-corrected chi connectivity index (χ2v) is 4.40. The van der Waals surface area contributed by atoms with Gasteiger partial charge in [0.2, 0.25) is 0 Å². The van der Waals surface area contributed by atoms with Crippen molar-refractivity contribution in [1.29, 1.82) is 0 Å². The van der Waals surface area contributed by atoms with Crippen LogP contribution in [0.15, 0.2) is 53.1 Å². The van der Waals surface area contributed by atoms with Gasteiger partial charge < -0.3 is 9.73 Å². The number of amides is 1. The van der Waals surface area contributed by atoms with Gasteiger partial charge in [0, 0.05) is 11.6 Å². The second kappa shape index (κ2) is 5.94. The van der Waals surface area contributed by atoms with Crippen molar-refractivity contribution in [3.63, 3.8) is 0 Å². The van der Waals surface area contributed by atoms with E-state index in [4.69, 9.17) is 16.0 Å². The molecule has 2 heterocycles. The third-order valence-electron chi connectivity index (χ3n) is 2.62. The molecule has 0 radical (unpaired) electrons. The Morgan fingerprint density at radius 3 is 2.70 bits per heavy atom. The van der Waals surface area contributed by atoms with Crippen LogP contribution in [0.1, 0.15) is 10.6 Å². The van der Waals surface area contributed by atoms with Crippen molar-refractivity contribution in [2.45, 2.75) is 0 Å². The number of carbonyl (C=O) groups excluding carboxylic acids is 1. The molecule has 3 aromatic rings. The van der Waals surface area contributed by atoms with Crippen molar-refractivity contribution in [3.8, 4) is 0 Å². The van der Waals surface area contributed by atoms with Gasteiger partial charge >= 0.3 is 0 Å². The SMILES string of the molecule is Cl.O=C(Nc1ccc(Cl)cn1)c1cc2ccccc2o1. The molecule has 0 aliphatic rings. The van der Waals surface area contributed by atoms with E-state index in [-0.39, 0.29) is 24.1 Å². The van der Waals surface area contributed by atoms with Crippen LogP contribution >= 0.6 is 24.0 Å². The van der Waals surface area contributed by atoms with Crippen LogP contribution in [-0.4, -0.2) is 10.9 Å². The topological polar surface area (TPSA) is 55.1 Å². The van der Waals surface area contributed by atoms with Gasteiger partial charge in [-0.05, 0) is 24.3 Å². The summed E-state index contributed by atoms with van der Waals surface area (Å²) in [7, 11) is 0. The molecule has 0 saturated heterocycles. The number of pyridine rings is 1. The zero-order chi connectivity index (χ0) is 13.2. The number of anilines is 1. The van der Waals surface area contributed by atoms with Gasteiger partial charge in [0.15, 0.2) is 5.76 Å². The summed E-state index contributed by atoms with van der Waals surface area (Å²) in [4.78, 5) is 16.0. The average molecular weight is 309 g/mol. The number of benzene rings is 1. The lowest BCUT2D eigenvalue weighted by atomic mass is 10.2. The second-order valence-electron chi connectivity index (χ2n) is 3.96. The third-order valence-corrected chi connectivity index (χ3v) is 2.84. The van der Waals surface area contributed by atoms with Crippen molar-refractivity contribution >= 4 is 46.7 Å². The molecule has 1 aromatic carbocycles. The van der Waals surface area contributed by atoms with Crippen molar-refractivity contribution in [2.75, 3.05) is 5.32 Å². The van der Waals surface area contributed by atoms with Crippen LogP contribution in [0.2, 0.25) is 5.02 Å². The van der Waals surface area contributed by atoms with Crippen LogP contribution in [-0.2, 0) is 0 Å². The monoisotopic (exact) mass is 308 g/mol. The van der Waals surface area contributed by atoms with Crippen LogP contribution in [0, 0.1) is 0 Å². The Morgan fingerprint density at radius 1 is 1.20 bits per heavy atom. The fraction of sp³-hybridized carbons (Fsp3) is 0. The van der Waals surface area contributed by atoms with E-state index in [0.29, 0.717) is 16.4 Å². The Balaban J connectivity index is 0.00000147. The largest absolute Gasteiger partial charge is 0.451 e. The Hall–Kier alpha value is -2.04. The van der Waals surface area contributed by atoms with Crippen LogP contribution < -0.4 is 5.32 Å². The molecule has 2 aromatic heterocycles. The fourth-order valence-electron chi connectivity index (χ4n) is 1.72. The first kappa shape index (κ1) is 14.4. The molecule has 0 spiro atoms. The first-order chi connectivity index (χ1) is 9.22. The van der Waals surface area contributed by atoms with Gasteiger partial charge in [-0.15, -0.1) is 12.4 Å². The van der Waals surface area contributed by atoms with Gasteiger partial charge in [0.25, 0.3) is 5.91 Å². The van der Waals surface area contributed by atoms with E-state index in [0.717, 1.165) is 5.39 Å². The minimum atomic E-state index is -0.342. The predicted molar refractivity (Wildman–Crippen MR) is 80.7 cm³/mol. The van der Waals surface area contributed by atoms with Gasteiger partial charge in [-0.25, -0.2) is 4.98 Å². The van der Waals surface area contributed by atoms with E-state index in [1.807, 2.05) is 24.3 Å². The molecule has 3 rings (SSSR count). The van der Waals surface area contributed by atoms with Gasteiger partial charge in [-0.3, -0.25) is 4.79 Å². The predicted octanol–water partition coefficient (Wildman–Crippen LogP) is 4.16. The number of para-hydroxylation sites is 1. The van der Waals surface area contributed by atoms with Crippen LogP contribution in [0.3, 0.4) is 0 Å². The lowest BCUT2D eigenvalue weighted by Crippen LogP contribution is -2.11. The molecule has 1 amide bonds. The summed E-state index contributed by atoms with van der Waals surface area (Å²) in [5, 5.41) is 4.05. The van der Waals surface area contributed by atoms with Gasteiger partial charge in [0.05, 0.1) is 5.02 Å². The van der Waals surface area contributed by atoms with E-state index in [1.54, 1.807) is 18.2 Å². The van der Waals surface area contributed by atoms with Crippen molar-refractivity contribution in [2.24, 2.45) is 0 Å². The molecule has 102 valence electrons. The quantitative estimate of drug-likeness (QED) is 0.773. The first-order valence-corrected chi connectivity index (χ1v) is 6.02. The number of furan rings is 1. The number of rotatable bonds is 2. The molecule has 0 unspecified atom stereocenters. The maximum absolute atomic E-state index is 12.0. The molecular formula is C14H10Cl2N2O2. The first-order valence-electron chi connectivity index (χ1n) is 5.64. The van der Waals surface area contributed by atoms with Crippen molar-refractivity contribution in [1.82, 2.24) is 4.98 Å². The highest BCUT2D eigenvalue weighted by Crippen LogP contribution is 2.19. The fourth-order valence-corrected chi connectivity index (χ4v) is 1.83. The average Bonchev–Trinajstić information content (AvgIpc) is 2.85. The number of carbonyl (C=O) groups is 1. The summed E-state index contributed by atoms with van der Waals surface area (Å²) in [6.07, 6.45) is 1.47. The molecule has 0 bridgehead atoms. The number of fused-ring (bicyclic) bond motifs is 1. The van der Waals surface area contributed by atoms with Crippen molar-refractivity contribution in [3.05, 3.63) is 59.4 Å². The highest BCUT2D eigenvalue weighted by Gasteiger charge is 2.12. The third kappa shape index (κ3) is 2.92. The zero-order valence-electron chi connectivity index (χ0n) is 10.2. The summed E-state index contributed by atoms with van der Waals surface area (Å²) in [5.41, 5.74) is 0.678. The van der Waals surface area contributed by atoms with Gasteiger partial charge in [0.1, 0.15) is 11.4 Å². The van der Waals surface area contributed by atoms with Crippen LogP contribution in [0.5, 0.6) is 0 Å². The number of nitrogens with zero attached hydrogens (tertiary/aromatic N) is 1. The summed E-state index contributed by atoms with van der Waals surface area (Å²) in [6.45, 7) is 0. The zero-order valence-corrected chi connectivity index (χ0v) is 11.7. The Bertz CT molecular complexity index is 705. The highest BCUT2D eigenvalue weighted by molar-refractivity contribution is 6.30. The summed E-state index contributed by atoms with van der Waals surface area (Å²) in [5.74, 6) is 0.332. The summed E-state index contributed by atoms with van der Waals surface area (Å²) >= 11 is 5.72. The van der Waals surface area contributed by atoms with E-state index in [2.05, 4.69) is 10.3 Å². The number of aromatic nitrogens is 1. The number of nitrogens with one attached hydrogen (secondary N) is 1. The smallest absolute Gasteiger partial charge is 0.292 e. The van der Waals surface area contributed by atoms with E-state index in [1.165, 1.54) is 6.20 Å². The lowest BCUT2D eigenvalue weighted by molar-refractivity contribution is 0.0998. The minimum Gasteiger partial charge on any atom is -0.451 e. The maximum atomic E-state index is 12.0. The van der Waals surface area contributed by atoms with Crippen molar-refractivity contribution < 1.29 is 9.21 Å². The lowest BCUT2D eigenvalue weighted by Gasteiger charge is -2.01. The Morgan fingerprint density at radius 2 is 2.00 bits per heavy atom. The number of hydrogen-bond acceptors (Lipinski definition) is 3. The molecule has 1 N–H and O–H groups in total. The summed E-state index contributed by atoms with van der Waals surface area (Å²) < 4.78 is 5.46. The Labute approximate surface area is 126 Å². The maximum Gasteiger partial charge on any atom is 0.292 e. The Kier molecular flexibility index (Phi) is 4.27. The number of hydrogen-bond donors (Lipinski definition) is 1. The molecular weight excluding hydrogens is 299 g/mol. The van der Waals surface area contributed by atoms with Crippen LogP contribution in [0.25, 0.3) is 11.0 Å². The molecule has 0 fully saturated rings. The van der Waals surface area contributed by atoms with Gasteiger partial charge in [-0.1, -0.05) is 29.8 Å². The molecule has 0 aliphatic carbocycles. The molecule has 0 aliphatic heterocycles. The van der Waals surface area contributed by atoms with Gasteiger partial charge in [-0.2, -0.15) is 0 Å². The molecule has 20 heavy (non-hydrogen) atoms. The number of halogens is 2. The standard InChI is InChI=1S/C14H9ClN2O2.ClH/c15-10-5-6-13(16-8-10)17-14(18)12-7-9-3-1-2-4-11(9)19-12;/h1-8H,(H,16,17,18);1H. The molecule has 6 heteroatoms. The van der Waals surface area contributed by atoms with E-state index in [9.17, 15) is 4.79 Å². The highest BCUT2D eigenvalue weighted by atomic mass is 35.5. The van der Waals surface area contributed by atoms with E-state index >= 15 is 0 Å². The van der Waals surface area contributed by atoms with Crippen LogP contribution in [0.4, 0.5) is 5.82 Å². The normalized spacial score (nSPS) is 10.1. The molecule has 4 nitrogen and oxygen atoms in total. The molecule has 0 atom stereocenters.